The van der Waals surface area contributed by atoms with Gasteiger partial charge in [-0.05, 0) is 26.8 Å². The molecule has 1 amide bonds. The Kier molecular flexibility index (Phi) is 4.56. The van der Waals surface area contributed by atoms with Gasteiger partial charge in [-0.2, -0.15) is 5.26 Å². The molecule has 0 unspecified atom stereocenters. The number of furan rings is 1. The van der Waals surface area contributed by atoms with Crippen molar-refractivity contribution >= 4 is 17.7 Å². The highest BCUT2D eigenvalue weighted by Gasteiger charge is 2.27. The predicted molar refractivity (Wildman–Crippen MR) is 79.9 cm³/mol. The highest BCUT2D eigenvalue weighted by molar-refractivity contribution is 7.99. The summed E-state index contributed by atoms with van der Waals surface area (Å²) in [6.45, 7) is 5.17. The molecule has 8 heteroatoms. The van der Waals surface area contributed by atoms with Crippen LogP contribution in [0.3, 0.4) is 0 Å². The van der Waals surface area contributed by atoms with Crippen molar-refractivity contribution in [2.24, 2.45) is 0 Å². The fourth-order valence-corrected chi connectivity index (χ4v) is 2.27. The first-order valence-electron chi connectivity index (χ1n) is 6.54. The van der Waals surface area contributed by atoms with Crippen LogP contribution in [0.25, 0.3) is 11.5 Å². The van der Waals surface area contributed by atoms with E-state index in [0.717, 1.165) is 17.3 Å². The molecule has 0 saturated carbocycles. The quantitative estimate of drug-likeness (QED) is 0.781. The number of carbonyl (C=O) groups is 1. The summed E-state index contributed by atoms with van der Waals surface area (Å²) < 4.78 is 10.7. The van der Waals surface area contributed by atoms with Crippen molar-refractivity contribution in [2.75, 3.05) is 12.8 Å². The maximum Gasteiger partial charge on any atom is 0.277 e. The van der Waals surface area contributed by atoms with Gasteiger partial charge in [0.15, 0.2) is 0 Å². The minimum absolute atomic E-state index is 0.119. The molecule has 0 aromatic carbocycles. The van der Waals surface area contributed by atoms with Crippen molar-refractivity contribution in [3.63, 3.8) is 0 Å². The third kappa shape index (κ3) is 3.31. The third-order valence-electron chi connectivity index (χ3n) is 3.30. The van der Waals surface area contributed by atoms with E-state index < -0.39 is 5.54 Å². The molecule has 0 bridgehead atoms. The third-order valence-corrected chi connectivity index (χ3v) is 4.10. The second kappa shape index (κ2) is 6.23. The minimum Gasteiger partial charge on any atom is -0.469 e. The second-order valence-corrected chi connectivity index (χ2v) is 6.10. The smallest absolute Gasteiger partial charge is 0.277 e. The molecule has 0 aliphatic heterocycles. The van der Waals surface area contributed by atoms with E-state index in [9.17, 15) is 4.79 Å². The lowest BCUT2D eigenvalue weighted by atomic mass is 10.1. The molecule has 2 rings (SSSR count). The molecule has 2 aromatic rings. The lowest BCUT2D eigenvalue weighted by Crippen LogP contribution is -2.44. The number of nitriles is 1. The first kappa shape index (κ1) is 16.1. The summed E-state index contributed by atoms with van der Waals surface area (Å²) in [5.41, 5.74) is -0.126. The van der Waals surface area contributed by atoms with Gasteiger partial charge < -0.3 is 13.7 Å². The van der Waals surface area contributed by atoms with Crippen LogP contribution in [0.4, 0.5) is 0 Å². The molecule has 7 nitrogen and oxygen atoms in total. The summed E-state index contributed by atoms with van der Waals surface area (Å²) in [5.74, 6) is 0.975. The fourth-order valence-electron chi connectivity index (χ4n) is 1.59. The van der Waals surface area contributed by atoms with Crippen molar-refractivity contribution in [3.05, 3.63) is 18.1 Å². The fraction of sp³-hybridized carbons (Fsp3) is 0.429. The Hall–Kier alpha value is -2.27. The molecular weight excluding hydrogens is 304 g/mol. The first-order valence-corrected chi connectivity index (χ1v) is 7.52. The molecular formula is C14H16N4O3S. The van der Waals surface area contributed by atoms with E-state index in [1.54, 1.807) is 40.1 Å². The van der Waals surface area contributed by atoms with Crippen LogP contribution in [0.1, 0.15) is 19.6 Å². The van der Waals surface area contributed by atoms with E-state index in [2.05, 4.69) is 16.3 Å². The van der Waals surface area contributed by atoms with E-state index in [4.69, 9.17) is 14.1 Å². The largest absolute Gasteiger partial charge is 0.469 e. The lowest BCUT2D eigenvalue weighted by Gasteiger charge is -2.28. The molecule has 22 heavy (non-hydrogen) atoms. The predicted octanol–water partition coefficient (Wildman–Crippen LogP) is 2.49. The molecule has 0 aliphatic rings. The van der Waals surface area contributed by atoms with Crippen LogP contribution in [0, 0.1) is 18.3 Å². The number of aryl methyl sites for hydroxylation is 1. The van der Waals surface area contributed by atoms with E-state index >= 15 is 0 Å². The van der Waals surface area contributed by atoms with Crippen LogP contribution in [0.2, 0.25) is 0 Å². The van der Waals surface area contributed by atoms with Gasteiger partial charge in [-0.25, -0.2) is 0 Å². The van der Waals surface area contributed by atoms with E-state index in [1.807, 2.05) is 0 Å². The van der Waals surface area contributed by atoms with Gasteiger partial charge in [-0.1, -0.05) is 11.8 Å². The number of carbonyl (C=O) groups excluding carboxylic acids is 1. The zero-order valence-corrected chi connectivity index (χ0v) is 13.6. The molecule has 0 aliphatic carbocycles. The Morgan fingerprint density at radius 1 is 1.50 bits per heavy atom. The van der Waals surface area contributed by atoms with Gasteiger partial charge in [-0.15, -0.1) is 10.2 Å². The average molecular weight is 320 g/mol. The van der Waals surface area contributed by atoms with E-state index in [-0.39, 0.29) is 11.7 Å². The maximum absolute atomic E-state index is 12.1. The number of aromatic nitrogens is 2. The summed E-state index contributed by atoms with van der Waals surface area (Å²) in [5, 5.41) is 17.2. The summed E-state index contributed by atoms with van der Waals surface area (Å²) in [6.07, 6.45) is 1.55. The number of hydrogen-bond acceptors (Lipinski definition) is 7. The number of amides is 1. The zero-order valence-electron chi connectivity index (χ0n) is 12.8. The van der Waals surface area contributed by atoms with E-state index in [0.29, 0.717) is 16.9 Å². The van der Waals surface area contributed by atoms with Gasteiger partial charge in [0.25, 0.3) is 11.1 Å². The normalized spacial score (nSPS) is 11.2. The molecule has 0 N–H and O–H groups in total. The van der Waals surface area contributed by atoms with Crippen LogP contribution in [0.5, 0.6) is 0 Å². The minimum atomic E-state index is -0.856. The Labute approximate surface area is 132 Å². The SMILES string of the molecule is Cc1occc1-c1nnc(SCC(=O)N(C)C(C)(C)C#N)o1. The molecule has 0 saturated heterocycles. The van der Waals surface area contributed by atoms with Gasteiger partial charge >= 0.3 is 0 Å². The Balaban J connectivity index is 1.99. The van der Waals surface area contributed by atoms with Crippen molar-refractivity contribution in [1.29, 1.82) is 5.26 Å². The average Bonchev–Trinajstić information content (AvgIpc) is 3.12. The van der Waals surface area contributed by atoms with Crippen LogP contribution < -0.4 is 0 Å². The Morgan fingerprint density at radius 3 is 2.82 bits per heavy atom. The maximum atomic E-state index is 12.1. The van der Waals surface area contributed by atoms with Crippen molar-refractivity contribution in [3.8, 4) is 17.5 Å². The molecule has 0 fully saturated rings. The number of thioether (sulfide) groups is 1. The topological polar surface area (TPSA) is 96.2 Å². The summed E-state index contributed by atoms with van der Waals surface area (Å²) >= 11 is 1.14. The first-order chi connectivity index (χ1) is 10.3. The number of nitrogens with zero attached hydrogens (tertiary/aromatic N) is 4. The van der Waals surface area contributed by atoms with Crippen LogP contribution in [-0.2, 0) is 4.79 Å². The summed E-state index contributed by atoms with van der Waals surface area (Å²) in [4.78, 5) is 13.5. The molecule has 0 atom stereocenters. The van der Waals surface area contributed by atoms with E-state index in [1.165, 1.54) is 4.90 Å². The van der Waals surface area contributed by atoms with Gasteiger partial charge in [0.05, 0.1) is 23.6 Å². The monoisotopic (exact) mass is 320 g/mol. The van der Waals surface area contributed by atoms with Gasteiger partial charge in [0.2, 0.25) is 5.91 Å². The molecule has 116 valence electrons. The summed E-state index contributed by atoms with van der Waals surface area (Å²) in [6, 6.07) is 3.82. The standard InChI is InChI=1S/C14H16N4O3S/c1-9-10(5-6-20-9)12-16-17-13(21-12)22-7-11(19)18(4)14(2,3)8-15/h5-6H,7H2,1-4H3. The molecule has 0 radical (unpaired) electrons. The second-order valence-electron chi connectivity index (χ2n) is 5.18. The highest BCUT2D eigenvalue weighted by atomic mass is 32.2. The van der Waals surface area contributed by atoms with Crippen molar-refractivity contribution in [2.45, 2.75) is 31.5 Å². The highest BCUT2D eigenvalue weighted by Crippen LogP contribution is 2.26. The summed E-state index contributed by atoms with van der Waals surface area (Å²) in [7, 11) is 1.60. The van der Waals surface area contributed by atoms with Gasteiger partial charge in [0, 0.05) is 7.05 Å². The Morgan fingerprint density at radius 2 is 2.23 bits per heavy atom. The Bertz CT molecular complexity index is 714. The molecule has 2 heterocycles. The number of hydrogen-bond donors (Lipinski definition) is 0. The van der Waals surface area contributed by atoms with Crippen LogP contribution in [0.15, 0.2) is 26.4 Å². The molecule has 0 spiro atoms. The van der Waals surface area contributed by atoms with Crippen LogP contribution >= 0.6 is 11.8 Å². The molecule has 2 aromatic heterocycles. The van der Waals surface area contributed by atoms with Gasteiger partial charge in [0.1, 0.15) is 11.3 Å². The zero-order chi connectivity index (χ0) is 16.3. The van der Waals surface area contributed by atoms with Gasteiger partial charge in [-0.3, -0.25) is 4.79 Å². The van der Waals surface area contributed by atoms with Crippen molar-refractivity contribution in [1.82, 2.24) is 15.1 Å². The lowest BCUT2D eigenvalue weighted by molar-refractivity contribution is -0.130. The number of rotatable bonds is 5. The van der Waals surface area contributed by atoms with Crippen molar-refractivity contribution < 1.29 is 13.6 Å². The van der Waals surface area contributed by atoms with Crippen LogP contribution in [-0.4, -0.2) is 39.3 Å².